The summed E-state index contributed by atoms with van der Waals surface area (Å²) in [5.41, 5.74) is 16.6. The SMILES string of the molecule is c1ccc(-c2nc(-c3cccc(-c4cccc(-c5ccc6sc7ccccc7c6c5)c4)c3)cc(-c3ccc4c(c3)-c3ccccc3C4(c3ccccc3)c3ccccc3)n2)cc1. The van der Waals surface area contributed by atoms with E-state index in [4.69, 9.17) is 9.97 Å². The van der Waals surface area contributed by atoms with E-state index in [0.717, 1.165) is 39.2 Å². The third-order valence-corrected chi connectivity index (χ3v) is 13.7. The molecule has 2 heterocycles. The first-order valence-electron chi connectivity index (χ1n) is 21.1. The lowest BCUT2D eigenvalue weighted by Crippen LogP contribution is -2.28. The van der Waals surface area contributed by atoms with E-state index in [2.05, 4.69) is 224 Å². The Balaban J connectivity index is 0.977. The van der Waals surface area contributed by atoms with Crippen LogP contribution in [0.3, 0.4) is 0 Å². The van der Waals surface area contributed by atoms with Gasteiger partial charge in [0.05, 0.1) is 16.8 Å². The maximum Gasteiger partial charge on any atom is 0.160 e. The Morgan fingerprint density at radius 1 is 0.306 bits per heavy atom. The number of rotatable bonds is 7. The fraction of sp³-hybridized carbons (Fsp3) is 0.0169. The van der Waals surface area contributed by atoms with Gasteiger partial charge in [-0.15, -0.1) is 11.3 Å². The second-order valence-electron chi connectivity index (χ2n) is 16.1. The fourth-order valence-electron chi connectivity index (χ4n) is 9.71. The molecule has 62 heavy (non-hydrogen) atoms. The molecule has 11 aromatic rings. The van der Waals surface area contributed by atoms with Crippen LogP contribution >= 0.6 is 11.3 Å². The summed E-state index contributed by atoms with van der Waals surface area (Å²) in [5.74, 6) is 0.700. The highest BCUT2D eigenvalue weighted by atomic mass is 32.1. The molecule has 2 aromatic heterocycles. The average molecular weight is 807 g/mol. The number of nitrogens with zero attached hydrogens (tertiary/aromatic N) is 2. The monoisotopic (exact) mass is 806 g/mol. The first kappa shape index (κ1) is 36.2. The molecular formula is C59H38N2S. The summed E-state index contributed by atoms with van der Waals surface area (Å²) in [6.07, 6.45) is 0. The van der Waals surface area contributed by atoms with Gasteiger partial charge < -0.3 is 0 Å². The zero-order valence-electron chi connectivity index (χ0n) is 33.7. The Labute approximate surface area is 365 Å². The highest BCUT2D eigenvalue weighted by Gasteiger charge is 2.46. The highest BCUT2D eigenvalue weighted by Crippen LogP contribution is 2.56. The van der Waals surface area contributed by atoms with E-state index in [0.29, 0.717) is 5.82 Å². The summed E-state index contributed by atoms with van der Waals surface area (Å²) in [4.78, 5) is 10.5. The quantitative estimate of drug-likeness (QED) is 0.160. The number of thiophene rings is 1. The van der Waals surface area contributed by atoms with Crippen LogP contribution in [0.1, 0.15) is 22.3 Å². The van der Waals surface area contributed by atoms with Crippen LogP contribution in [0.2, 0.25) is 0 Å². The van der Waals surface area contributed by atoms with Crippen LogP contribution in [0.5, 0.6) is 0 Å². The van der Waals surface area contributed by atoms with Crippen molar-refractivity contribution in [3.63, 3.8) is 0 Å². The minimum Gasteiger partial charge on any atom is -0.228 e. The molecule has 0 amide bonds. The second-order valence-corrected chi connectivity index (χ2v) is 17.2. The molecule has 2 nitrogen and oxygen atoms in total. The summed E-state index contributed by atoms with van der Waals surface area (Å²) in [5, 5.41) is 2.62. The van der Waals surface area contributed by atoms with Gasteiger partial charge in [0.2, 0.25) is 0 Å². The summed E-state index contributed by atoms with van der Waals surface area (Å²) >= 11 is 1.85. The van der Waals surface area contributed by atoms with Gasteiger partial charge in [-0.25, -0.2) is 9.97 Å². The predicted molar refractivity (Wildman–Crippen MR) is 259 cm³/mol. The molecule has 0 aliphatic heterocycles. The maximum atomic E-state index is 5.29. The molecule has 3 heteroatoms. The van der Waals surface area contributed by atoms with E-state index in [9.17, 15) is 0 Å². The molecule has 0 N–H and O–H groups in total. The molecule has 1 aliphatic carbocycles. The third kappa shape index (κ3) is 5.93. The highest BCUT2D eigenvalue weighted by molar-refractivity contribution is 7.25. The molecule has 0 bridgehead atoms. The normalized spacial score (nSPS) is 12.6. The molecule has 9 aromatic carbocycles. The van der Waals surface area contributed by atoms with Gasteiger partial charge in [-0.2, -0.15) is 0 Å². The Kier molecular flexibility index (Phi) is 8.62. The van der Waals surface area contributed by atoms with Crippen LogP contribution in [0, 0.1) is 0 Å². The lowest BCUT2D eigenvalue weighted by molar-refractivity contribution is 0.768. The van der Waals surface area contributed by atoms with Gasteiger partial charge in [-0.1, -0.05) is 188 Å². The summed E-state index contributed by atoms with van der Waals surface area (Å²) in [6.45, 7) is 0. The number of aromatic nitrogens is 2. The summed E-state index contributed by atoms with van der Waals surface area (Å²) in [6, 6.07) is 83.4. The Morgan fingerprint density at radius 3 is 1.52 bits per heavy atom. The predicted octanol–water partition coefficient (Wildman–Crippen LogP) is 15.5. The van der Waals surface area contributed by atoms with Crippen LogP contribution in [0.15, 0.2) is 231 Å². The summed E-state index contributed by atoms with van der Waals surface area (Å²) < 4.78 is 2.64. The first-order valence-corrected chi connectivity index (χ1v) is 22.0. The van der Waals surface area contributed by atoms with E-state index >= 15 is 0 Å². The maximum absolute atomic E-state index is 5.29. The van der Waals surface area contributed by atoms with Gasteiger partial charge in [0.1, 0.15) is 0 Å². The van der Waals surface area contributed by atoms with Crippen molar-refractivity contribution in [2.75, 3.05) is 0 Å². The van der Waals surface area contributed by atoms with Crippen LogP contribution in [0.4, 0.5) is 0 Å². The van der Waals surface area contributed by atoms with E-state index in [-0.39, 0.29) is 0 Å². The minimum atomic E-state index is -0.457. The Hall–Kier alpha value is -7.72. The van der Waals surface area contributed by atoms with Crippen LogP contribution in [-0.4, -0.2) is 9.97 Å². The van der Waals surface area contributed by atoms with Crippen LogP contribution < -0.4 is 0 Å². The molecular weight excluding hydrogens is 769 g/mol. The van der Waals surface area contributed by atoms with Gasteiger partial charge in [0.25, 0.3) is 0 Å². The van der Waals surface area contributed by atoms with E-state index in [1.807, 2.05) is 17.4 Å². The van der Waals surface area contributed by atoms with Gasteiger partial charge in [0, 0.05) is 36.9 Å². The number of fused-ring (bicyclic) bond motifs is 6. The number of benzene rings is 9. The fourth-order valence-corrected chi connectivity index (χ4v) is 10.8. The molecule has 0 fully saturated rings. The van der Waals surface area contributed by atoms with Crippen LogP contribution in [-0.2, 0) is 5.41 Å². The number of hydrogen-bond acceptors (Lipinski definition) is 3. The first-order chi connectivity index (χ1) is 30.7. The minimum absolute atomic E-state index is 0.457. The number of hydrogen-bond donors (Lipinski definition) is 0. The lowest BCUT2D eigenvalue weighted by Gasteiger charge is -2.33. The zero-order chi connectivity index (χ0) is 41.0. The van der Waals surface area contributed by atoms with Gasteiger partial charge >= 0.3 is 0 Å². The van der Waals surface area contributed by atoms with Gasteiger partial charge in [-0.3, -0.25) is 0 Å². The van der Waals surface area contributed by atoms with Crippen LogP contribution in [0.25, 0.3) is 87.5 Å². The smallest absolute Gasteiger partial charge is 0.160 e. The second kappa shape index (κ2) is 14.8. The molecule has 12 rings (SSSR count). The topological polar surface area (TPSA) is 25.8 Å². The van der Waals surface area contributed by atoms with E-state index in [1.54, 1.807) is 0 Å². The molecule has 0 spiro atoms. The van der Waals surface area contributed by atoms with Crippen molar-refractivity contribution in [1.29, 1.82) is 0 Å². The lowest BCUT2D eigenvalue weighted by atomic mass is 9.67. The van der Waals surface area contributed by atoms with Crippen molar-refractivity contribution in [2.45, 2.75) is 5.41 Å². The molecule has 0 saturated heterocycles. The van der Waals surface area contributed by atoms with E-state index in [1.165, 1.54) is 64.7 Å². The van der Waals surface area contributed by atoms with Crippen molar-refractivity contribution >= 4 is 31.5 Å². The molecule has 0 radical (unpaired) electrons. The van der Waals surface area contributed by atoms with Gasteiger partial charge in [0.15, 0.2) is 5.82 Å². The molecule has 1 aliphatic rings. The van der Waals surface area contributed by atoms with Crippen molar-refractivity contribution in [1.82, 2.24) is 9.97 Å². The average Bonchev–Trinajstić information content (AvgIpc) is 3.88. The molecule has 0 saturated carbocycles. The van der Waals surface area contributed by atoms with Crippen molar-refractivity contribution in [3.8, 4) is 67.3 Å². The largest absolute Gasteiger partial charge is 0.228 e. The Bertz CT molecular complexity index is 3420. The van der Waals surface area contributed by atoms with Gasteiger partial charge in [-0.05, 0) is 98.1 Å². The summed E-state index contributed by atoms with van der Waals surface area (Å²) in [7, 11) is 0. The Morgan fingerprint density at radius 2 is 0.806 bits per heavy atom. The molecule has 0 unspecified atom stereocenters. The third-order valence-electron chi connectivity index (χ3n) is 12.6. The standard InChI is InChI=1S/C59H38N2S/c1-4-16-39(17-5-1)58-60-54(44-21-15-20-42(35-44)40-18-14-19-41(34-40)43-31-33-57-51(36-43)49-27-11-13-29-56(49)62-57)38-55(61-58)45-30-32-53-50(37-45)48-26-10-12-28-52(48)59(53,46-22-6-2-7-23-46)47-24-8-3-9-25-47/h1-38H. The molecule has 0 atom stereocenters. The van der Waals surface area contributed by atoms with Crippen molar-refractivity contribution < 1.29 is 0 Å². The van der Waals surface area contributed by atoms with E-state index < -0.39 is 5.41 Å². The molecule has 290 valence electrons. The van der Waals surface area contributed by atoms with Crippen molar-refractivity contribution in [2.24, 2.45) is 0 Å². The zero-order valence-corrected chi connectivity index (χ0v) is 34.6. The van der Waals surface area contributed by atoms with Crippen molar-refractivity contribution in [3.05, 3.63) is 253 Å².